The molecule has 25 heavy (non-hydrogen) atoms. The van der Waals surface area contributed by atoms with Crippen molar-refractivity contribution in [2.45, 2.75) is 12.5 Å². The van der Waals surface area contributed by atoms with Gasteiger partial charge < -0.3 is 15.7 Å². The van der Waals surface area contributed by atoms with Crippen molar-refractivity contribution in [1.82, 2.24) is 15.1 Å². The molecule has 0 radical (unpaired) electrons. The molecule has 1 heterocycles. The highest BCUT2D eigenvalue weighted by Gasteiger charge is 2.14. The molecule has 0 spiro atoms. The van der Waals surface area contributed by atoms with E-state index in [0.29, 0.717) is 12.1 Å². The number of benzene rings is 2. The summed E-state index contributed by atoms with van der Waals surface area (Å²) in [6, 6.07) is 18.3. The summed E-state index contributed by atoms with van der Waals surface area (Å²) in [5, 5.41) is 19.1. The first-order valence-corrected chi connectivity index (χ1v) is 8.09. The Bertz CT molecular complexity index is 786. The van der Waals surface area contributed by atoms with Gasteiger partial charge in [0.05, 0.1) is 11.7 Å². The van der Waals surface area contributed by atoms with E-state index in [0.717, 1.165) is 11.3 Å². The summed E-state index contributed by atoms with van der Waals surface area (Å²) in [4.78, 5) is 12.3. The highest BCUT2D eigenvalue weighted by atomic mass is 16.3. The summed E-state index contributed by atoms with van der Waals surface area (Å²) in [6.45, 7) is -0.00158. The fourth-order valence-electron chi connectivity index (χ4n) is 2.58. The highest BCUT2D eigenvalue weighted by Crippen LogP contribution is 2.17. The van der Waals surface area contributed by atoms with Crippen LogP contribution < -0.4 is 10.6 Å². The number of carbonyl (C=O) groups excluding carboxylic acids is 1. The number of nitrogens with zero attached hydrogens (tertiary/aromatic N) is 2. The minimum atomic E-state index is -0.311. The molecule has 0 fully saturated rings. The quantitative estimate of drug-likeness (QED) is 0.647. The van der Waals surface area contributed by atoms with Gasteiger partial charge in [-0.15, -0.1) is 0 Å². The molecule has 0 bridgehead atoms. The number of nitrogens with one attached hydrogen (secondary N) is 2. The molecule has 3 aromatic rings. The number of aliphatic hydroxyl groups excluding tert-OH is 1. The van der Waals surface area contributed by atoms with Crippen molar-refractivity contribution in [3.63, 3.8) is 0 Å². The zero-order chi connectivity index (χ0) is 17.5. The van der Waals surface area contributed by atoms with Crippen LogP contribution in [0.4, 0.5) is 10.5 Å². The fraction of sp³-hybridized carbons (Fsp3) is 0.158. The number of anilines is 1. The lowest BCUT2D eigenvalue weighted by Gasteiger charge is -2.18. The van der Waals surface area contributed by atoms with Crippen LogP contribution in [0.5, 0.6) is 0 Å². The van der Waals surface area contributed by atoms with Crippen LogP contribution in [-0.4, -0.2) is 27.5 Å². The van der Waals surface area contributed by atoms with E-state index in [1.807, 2.05) is 66.9 Å². The molecule has 2 aromatic carbocycles. The Labute approximate surface area is 146 Å². The van der Waals surface area contributed by atoms with E-state index in [-0.39, 0.29) is 18.7 Å². The highest BCUT2D eigenvalue weighted by molar-refractivity contribution is 5.89. The second kappa shape index (κ2) is 8.12. The number of aliphatic hydroxyl groups is 1. The molecular weight excluding hydrogens is 316 g/mol. The lowest BCUT2D eigenvalue weighted by atomic mass is 10.0. The van der Waals surface area contributed by atoms with E-state index in [1.54, 1.807) is 10.9 Å². The molecule has 3 N–H and O–H groups in total. The zero-order valence-corrected chi connectivity index (χ0v) is 13.7. The van der Waals surface area contributed by atoms with Gasteiger partial charge in [-0.2, -0.15) is 5.10 Å². The first-order valence-electron chi connectivity index (χ1n) is 8.09. The summed E-state index contributed by atoms with van der Waals surface area (Å²) >= 11 is 0. The van der Waals surface area contributed by atoms with E-state index in [1.165, 1.54) is 0 Å². The fourth-order valence-corrected chi connectivity index (χ4v) is 2.58. The molecule has 0 aliphatic heterocycles. The smallest absolute Gasteiger partial charge is 0.319 e. The van der Waals surface area contributed by atoms with Crippen LogP contribution in [-0.2, 0) is 0 Å². The van der Waals surface area contributed by atoms with Crippen LogP contribution in [0.1, 0.15) is 18.0 Å². The average Bonchev–Trinajstić information content (AvgIpc) is 3.17. The Morgan fingerprint density at radius 3 is 2.48 bits per heavy atom. The number of hydrogen-bond acceptors (Lipinski definition) is 3. The average molecular weight is 336 g/mol. The molecule has 0 unspecified atom stereocenters. The molecule has 0 saturated heterocycles. The van der Waals surface area contributed by atoms with Gasteiger partial charge in [0, 0.05) is 24.7 Å². The number of hydrogen-bond donors (Lipinski definition) is 3. The molecule has 1 atom stereocenters. The molecule has 0 aliphatic carbocycles. The third kappa shape index (κ3) is 4.45. The third-order valence-corrected chi connectivity index (χ3v) is 3.82. The second-order valence-corrected chi connectivity index (χ2v) is 5.57. The molecule has 2 amide bonds. The van der Waals surface area contributed by atoms with E-state index in [2.05, 4.69) is 15.7 Å². The normalized spacial score (nSPS) is 11.7. The SMILES string of the molecule is O=C(Nc1ccc(-n2cccn2)cc1)N[C@H](CCO)c1ccccc1. The lowest BCUT2D eigenvalue weighted by molar-refractivity contribution is 0.239. The Morgan fingerprint density at radius 2 is 1.84 bits per heavy atom. The molecule has 6 nitrogen and oxygen atoms in total. The zero-order valence-electron chi connectivity index (χ0n) is 13.7. The van der Waals surface area contributed by atoms with Gasteiger partial charge in [-0.3, -0.25) is 0 Å². The maximum atomic E-state index is 12.3. The molecule has 128 valence electrons. The summed E-state index contributed by atoms with van der Waals surface area (Å²) in [5.74, 6) is 0. The standard InChI is InChI=1S/C19H20N4O2/c24-14-11-18(15-5-2-1-3-6-15)22-19(25)21-16-7-9-17(10-8-16)23-13-4-12-20-23/h1-10,12-13,18,24H,11,14H2,(H2,21,22,25)/t18-/m1/s1. The maximum Gasteiger partial charge on any atom is 0.319 e. The van der Waals surface area contributed by atoms with Crippen LogP contribution in [0, 0.1) is 0 Å². The first-order chi connectivity index (χ1) is 12.3. The van der Waals surface area contributed by atoms with Gasteiger partial charge in [0.2, 0.25) is 0 Å². The van der Waals surface area contributed by atoms with Crippen LogP contribution in [0.3, 0.4) is 0 Å². The van der Waals surface area contributed by atoms with Gasteiger partial charge in [-0.05, 0) is 42.3 Å². The molecule has 6 heteroatoms. The summed E-state index contributed by atoms with van der Waals surface area (Å²) in [5.41, 5.74) is 2.56. The number of rotatable bonds is 6. The van der Waals surface area contributed by atoms with Gasteiger partial charge in [-0.25, -0.2) is 9.48 Å². The second-order valence-electron chi connectivity index (χ2n) is 5.57. The number of carbonyl (C=O) groups is 1. The van der Waals surface area contributed by atoms with E-state index in [4.69, 9.17) is 0 Å². The van der Waals surface area contributed by atoms with Crippen molar-refractivity contribution in [3.8, 4) is 5.69 Å². The Morgan fingerprint density at radius 1 is 1.08 bits per heavy atom. The molecule has 0 aliphatic rings. The van der Waals surface area contributed by atoms with Crippen molar-refractivity contribution in [3.05, 3.63) is 78.6 Å². The minimum absolute atomic E-state index is 0.00158. The Kier molecular flexibility index (Phi) is 5.43. The minimum Gasteiger partial charge on any atom is -0.396 e. The maximum absolute atomic E-state index is 12.3. The van der Waals surface area contributed by atoms with Crippen molar-refractivity contribution in [1.29, 1.82) is 0 Å². The molecule has 3 rings (SSSR count). The summed E-state index contributed by atoms with van der Waals surface area (Å²) in [7, 11) is 0. The van der Waals surface area contributed by atoms with Crippen LogP contribution in [0.25, 0.3) is 5.69 Å². The predicted molar refractivity (Wildman–Crippen MR) is 96.6 cm³/mol. The number of amides is 2. The van der Waals surface area contributed by atoms with Crippen molar-refractivity contribution in [2.75, 3.05) is 11.9 Å². The van der Waals surface area contributed by atoms with Gasteiger partial charge in [0.1, 0.15) is 0 Å². The van der Waals surface area contributed by atoms with Crippen molar-refractivity contribution < 1.29 is 9.90 Å². The number of aromatic nitrogens is 2. The van der Waals surface area contributed by atoms with E-state index < -0.39 is 0 Å². The topological polar surface area (TPSA) is 79.2 Å². The Hall–Kier alpha value is -3.12. The lowest BCUT2D eigenvalue weighted by Crippen LogP contribution is -2.33. The van der Waals surface area contributed by atoms with Gasteiger partial charge >= 0.3 is 6.03 Å². The molecule has 1 aromatic heterocycles. The van der Waals surface area contributed by atoms with E-state index >= 15 is 0 Å². The van der Waals surface area contributed by atoms with Gasteiger partial charge in [0.25, 0.3) is 0 Å². The van der Waals surface area contributed by atoms with Crippen LogP contribution >= 0.6 is 0 Å². The number of urea groups is 1. The van der Waals surface area contributed by atoms with Crippen LogP contribution in [0.15, 0.2) is 73.1 Å². The first kappa shape index (κ1) is 16.7. The summed E-state index contributed by atoms with van der Waals surface area (Å²) < 4.78 is 1.75. The van der Waals surface area contributed by atoms with E-state index in [9.17, 15) is 9.90 Å². The monoisotopic (exact) mass is 336 g/mol. The van der Waals surface area contributed by atoms with Crippen molar-refractivity contribution in [2.24, 2.45) is 0 Å². The van der Waals surface area contributed by atoms with Gasteiger partial charge in [-0.1, -0.05) is 30.3 Å². The largest absolute Gasteiger partial charge is 0.396 e. The van der Waals surface area contributed by atoms with Crippen molar-refractivity contribution >= 4 is 11.7 Å². The third-order valence-electron chi connectivity index (χ3n) is 3.82. The van der Waals surface area contributed by atoms with Crippen LogP contribution in [0.2, 0.25) is 0 Å². The van der Waals surface area contributed by atoms with Gasteiger partial charge in [0.15, 0.2) is 0 Å². The Balaban J connectivity index is 1.63. The predicted octanol–water partition coefficient (Wildman–Crippen LogP) is 3.12. The summed E-state index contributed by atoms with van der Waals surface area (Å²) in [6.07, 6.45) is 4.02. The molecule has 0 saturated carbocycles. The molecular formula is C19H20N4O2.